The molecular weight excluding hydrogens is 478 g/mol. The molecule has 2 aromatic rings. The second kappa shape index (κ2) is 11.1. The van der Waals surface area contributed by atoms with E-state index in [0.717, 1.165) is 16.0 Å². The van der Waals surface area contributed by atoms with Gasteiger partial charge in [-0.1, -0.05) is 30.3 Å². The third-order valence-corrected chi connectivity index (χ3v) is 6.04. The zero-order valence-electron chi connectivity index (χ0n) is 21.2. The molecule has 37 heavy (non-hydrogen) atoms. The van der Waals surface area contributed by atoms with Gasteiger partial charge >= 0.3 is 18.0 Å². The number of amides is 6. The zero-order valence-corrected chi connectivity index (χ0v) is 21.2. The summed E-state index contributed by atoms with van der Waals surface area (Å²) in [5.74, 6) is -2.21. The first-order valence-corrected chi connectivity index (χ1v) is 11.8. The van der Waals surface area contributed by atoms with Crippen LogP contribution in [-0.4, -0.2) is 62.9 Å². The quantitative estimate of drug-likeness (QED) is 0.382. The Morgan fingerprint density at radius 2 is 1.65 bits per heavy atom. The zero-order chi connectivity index (χ0) is 27.3. The van der Waals surface area contributed by atoms with E-state index in [0.29, 0.717) is 11.4 Å². The van der Waals surface area contributed by atoms with Gasteiger partial charge in [0.1, 0.15) is 12.1 Å². The fourth-order valence-corrected chi connectivity index (χ4v) is 3.97. The summed E-state index contributed by atoms with van der Waals surface area (Å²) in [4.78, 5) is 63.6. The molecular formula is C26H31N5O6. The lowest BCUT2D eigenvalue weighted by Gasteiger charge is -2.27. The first-order valence-electron chi connectivity index (χ1n) is 11.8. The number of imide groups is 1. The standard InChI is InChI=1S/C26H31N5O6/c1-16-7-5-6-8-20(16)29-24(36)28-19-11-9-18(10-12-19)14-31-25(37)30(23(35)26(31,3)4)15-21(32)27-17(2)13-22(33)34/h5-12,17H,13-15H2,1-4H3,(H,27,32)(H,33,34)(H2,28,29,36). The van der Waals surface area contributed by atoms with Crippen molar-refractivity contribution in [1.82, 2.24) is 15.1 Å². The molecule has 0 radical (unpaired) electrons. The minimum atomic E-state index is -1.19. The average molecular weight is 510 g/mol. The smallest absolute Gasteiger partial charge is 0.328 e. The van der Waals surface area contributed by atoms with Crippen molar-refractivity contribution in [1.29, 1.82) is 0 Å². The maximum Gasteiger partial charge on any atom is 0.328 e. The highest BCUT2D eigenvalue weighted by atomic mass is 16.4. The molecule has 1 fully saturated rings. The molecule has 1 atom stereocenters. The predicted octanol–water partition coefficient (Wildman–Crippen LogP) is 3.16. The lowest BCUT2D eigenvalue weighted by atomic mass is 10.0. The van der Waals surface area contributed by atoms with Gasteiger partial charge in [0.25, 0.3) is 5.91 Å². The molecule has 0 spiro atoms. The Balaban J connectivity index is 1.61. The van der Waals surface area contributed by atoms with Crippen molar-refractivity contribution in [2.75, 3.05) is 17.2 Å². The second-order valence-corrected chi connectivity index (χ2v) is 9.48. The highest BCUT2D eigenvalue weighted by molar-refractivity contribution is 6.08. The molecule has 4 N–H and O–H groups in total. The molecule has 1 unspecified atom stereocenters. The Bertz CT molecular complexity index is 1210. The van der Waals surface area contributed by atoms with Crippen LogP contribution >= 0.6 is 0 Å². The summed E-state index contributed by atoms with van der Waals surface area (Å²) in [6.07, 6.45) is -0.274. The van der Waals surface area contributed by atoms with Crippen LogP contribution in [0, 0.1) is 6.92 Å². The predicted molar refractivity (Wildman–Crippen MR) is 137 cm³/mol. The third-order valence-electron chi connectivity index (χ3n) is 6.04. The summed E-state index contributed by atoms with van der Waals surface area (Å²) in [5.41, 5.74) is 1.72. The number of aliphatic carboxylic acids is 1. The van der Waals surface area contributed by atoms with Crippen molar-refractivity contribution < 1.29 is 29.1 Å². The number of hydrogen-bond acceptors (Lipinski definition) is 5. The number of nitrogens with zero attached hydrogens (tertiary/aromatic N) is 2. The minimum absolute atomic E-state index is 0.112. The Morgan fingerprint density at radius 3 is 2.27 bits per heavy atom. The second-order valence-electron chi connectivity index (χ2n) is 9.48. The summed E-state index contributed by atoms with van der Waals surface area (Å²) in [6.45, 7) is 6.24. The average Bonchev–Trinajstić information content (AvgIpc) is 2.96. The summed E-state index contributed by atoms with van der Waals surface area (Å²) in [6, 6.07) is 12.6. The molecule has 0 aliphatic carbocycles. The van der Waals surface area contributed by atoms with Crippen LogP contribution in [0.4, 0.5) is 21.0 Å². The third kappa shape index (κ3) is 6.63. The van der Waals surface area contributed by atoms with Crippen LogP contribution < -0.4 is 16.0 Å². The van der Waals surface area contributed by atoms with Crippen LogP contribution in [0.3, 0.4) is 0 Å². The number of carbonyl (C=O) groups is 5. The van der Waals surface area contributed by atoms with Gasteiger partial charge in [-0.2, -0.15) is 0 Å². The first-order chi connectivity index (χ1) is 17.4. The van der Waals surface area contributed by atoms with E-state index in [1.54, 1.807) is 44.2 Å². The maximum atomic E-state index is 13.0. The van der Waals surface area contributed by atoms with Crippen LogP contribution in [0.1, 0.15) is 38.3 Å². The van der Waals surface area contributed by atoms with Crippen LogP contribution in [-0.2, 0) is 20.9 Å². The van der Waals surface area contributed by atoms with Crippen molar-refractivity contribution in [2.24, 2.45) is 0 Å². The Hall–Kier alpha value is -4.41. The largest absolute Gasteiger partial charge is 0.481 e. The number of anilines is 2. The van der Waals surface area contributed by atoms with E-state index in [4.69, 9.17) is 5.11 Å². The van der Waals surface area contributed by atoms with Crippen LogP contribution in [0.25, 0.3) is 0 Å². The van der Waals surface area contributed by atoms with Crippen molar-refractivity contribution in [3.63, 3.8) is 0 Å². The summed E-state index contributed by atoms with van der Waals surface area (Å²) >= 11 is 0. The first kappa shape index (κ1) is 27.2. The van der Waals surface area contributed by atoms with E-state index < -0.39 is 48.0 Å². The molecule has 0 bridgehead atoms. The molecule has 1 aliphatic heterocycles. The molecule has 11 heteroatoms. The number of hydrogen-bond donors (Lipinski definition) is 4. The Morgan fingerprint density at radius 1 is 1.00 bits per heavy atom. The van der Waals surface area contributed by atoms with Gasteiger partial charge in [-0.25, -0.2) is 9.59 Å². The van der Waals surface area contributed by atoms with E-state index >= 15 is 0 Å². The van der Waals surface area contributed by atoms with Crippen LogP contribution in [0.15, 0.2) is 48.5 Å². The molecule has 1 saturated heterocycles. The number of nitrogens with one attached hydrogen (secondary N) is 3. The van der Waals surface area contributed by atoms with Crippen molar-refractivity contribution >= 4 is 41.2 Å². The normalized spacial score (nSPS) is 15.4. The molecule has 11 nitrogen and oxygen atoms in total. The van der Waals surface area contributed by atoms with Gasteiger partial charge in [0.05, 0.1) is 6.42 Å². The fraction of sp³-hybridized carbons (Fsp3) is 0.346. The van der Waals surface area contributed by atoms with Crippen molar-refractivity contribution in [3.05, 3.63) is 59.7 Å². The molecule has 3 rings (SSSR count). The number of carboxylic acids is 1. The molecule has 6 amide bonds. The molecule has 0 aromatic heterocycles. The van der Waals surface area contributed by atoms with Crippen molar-refractivity contribution in [2.45, 2.75) is 52.2 Å². The number of aryl methyl sites for hydroxylation is 1. The van der Waals surface area contributed by atoms with Crippen LogP contribution in [0.5, 0.6) is 0 Å². The maximum absolute atomic E-state index is 13.0. The highest BCUT2D eigenvalue weighted by Gasteiger charge is 2.51. The minimum Gasteiger partial charge on any atom is -0.481 e. The molecule has 1 heterocycles. The topological polar surface area (TPSA) is 148 Å². The fourth-order valence-electron chi connectivity index (χ4n) is 3.97. The SMILES string of the molecule is Cc1ccccc1NC(=O)Nc1ccc(CN2C(=O)N(CC(=O)NC(C)CC(=O)O)C(=O)C2(C)C)cc1. The number of rotatable bonds is 9. The van der Waals surface area contributed by atoms with E-state index in [9.17, 15) is 24.0 Å². The number of carboxylic acid groups (broad SMARTS) is 1. The molecule has 2 aromatic carbocycles. The molecule has 0 saturated carbocycles. The van der Waals surface area contributed by atoms with Gasteiger partial charge in [0.2, 0.25) is 5.91 Å². The van der Waals surface area contributed by atoms with Crippen molar-refractivity contribution in [3.8, 4) is 0 Å². The van der Waals surface area contributed by atoms with Gasteiger partial charge in [0, 0.05) is 24.0 Å². The number of carbonyl (C=O) groups excluding carboxylic acids is 4. The Labute approximate surface area is 214 Å². The molecule has 196 valence electrons. The van der Waals surface area contributed by atoms with E-state index in [1.165, 1.54) is 11.8 Å². The van der Waals surface area contributed by atoms with E-state index in [2.05, 4.69) is 16.0 Å². The highest BCUT2D eigenvalue weighted by Crippen LogP contribution is 2.29. The Kier molecular flexibility index (Phi) is 8.16. The monoisotopic (exact) mass is 509 g/mol. The van der Waals surface area contributed by atoms with Gasteiger partial charge in [0.15, 0.2) is 0 Å². The van der Waals surface area contributed by atoms with Crippen LogP contribution in [0.2, 0.25) is 0 Å². The lowest BCUT2D eigenvalue weighted by molar-refractivity contribution is -0.138. The number of para-hydroxylation sites is 1. The van der Waals surface area contributed by atoms with Gasteiger partial charge in [-0.15, -0.1) is 0 Å². The number of benzene rings is 2. The molecule has 1 aliphatic rings. The van der Waals surface area contributed by atoms with Gasteiger partial charge in [-0.05, 0) is 57.0 Å². The van der Waals surface area contributed by atoms with Gasteiger partial charge < -0.3 is 26.0 Å². The van der Waals surface area contributed by atoms with E-state index in [-0.39, 0.29) is 13.0 Å². The summed E-state index contributed by atoms with van der Waals surface area (Å²) in [7, 11) is 0. The van der Waals surface area contributed by atoms with Gasteiger partial charge in [-0.3, -0.25) is 19.3 Å². The summed E-state index contributed by atoms with van der Waals surface area (Å²) < 4.78 is 0. The lowest BCUT2D eigenvalue weighted by Crippen LogP contribution is -2.45. The van der Waals surface area contributed by atoms with E-state index in [1.807, 2.05) is 25.1 Å². The number of urea groups is 2. The summed E-state index contributed by atoms with van der Waals surface area (Å²) in [5, 5.41) is 16.9.